The number of ether oxygens (including phenoxy) is 2. The number of carbonyl (C=O) groups is 2. The standard InChI is InChI=1S/C21H33N4O9PS/c1-24-18(26)12-16(20(24)27)36-10-6-4-3-5-9-32-35(29,30)33-13-15-14(31-2)11-19(34-15)25-8-7-17(22)23-21(25)28/h7-8,14-16,19H,3-6,9-13H2,1-2H3,(H,29,30)(H2,22,23,28)/t14-,15-,16?,19-/m1/s1. The first-order valence-corrected chi connectivity index (χ1v) is 14.2. The smallest absolute Gasteiger partial charge is 0.383 e. The van der Waals surface area contributed by atoms with E-state index < -0.39 is 31.9 Å². The number of amides is 2. The molecule has 15 heteroatoms. The van der Waals surface area contributed by atoms with Gasteiger partial charge in [-0.2, -0.15) is 4.98 Å². The summed E-state index contributed by atoms with van der Waals surface area (Å²) in [6, 6.07) is 1.47. The van der Waals surface area contributed by atoms with E-state index in [0.717, 1.165) is 25.0 Å². The van der Waals surface area contributed by atoms with E-state index in [4.69, 9.17) is 24.3 Å². The van der Waals surface area contributed by atoms with Crippen LogP contribution in [0.2, 0.25) is 0 Å². The van der Waals surface area contributed by atoms with Crippen LogP contribution >= 0.6 is 19.6 Å². The van der Waals surface area contributed by atoms with Crippen LogP contribution in [-0.4, -0.2) is 81.7 Å². The van der Waals surface area contributed by atoms with Gasteiger partial charge in [0.05, 0.1) is 24.6 Å². The van der Waals surface area contributed by atoms with Crippen molar-refractivity contribution in [3.63, 3.8) is 0 Å². The molecule has 2 fully saturated rings. The molecule has 0 aliphatic carbocycles. The Hall–Kier alpha value is -1.80. The van der Waals surface area contributed by atoms with Gasteiger partial charge in [-0.15, -0.1) is 11.8 Å². The van der Waals surface area contributed by atoms with E-state index in [1.165, 1.54) is 47.6 Å². The number of likely N-dealkylation sites (tertiary alicyclic amines) is 1. The average Bonchev–Trinajstić information content (AvgIpc) is 3.35. The molecule has 36 heavy (non-hydrogen) atoms. The molecule has 0 saturated carbocycles. The van der Waals surface area contributed by atoms with Gasteiger partial charge in [0.15, 0.2) is 0 Å². The second kappa shape index (κ2) is 13.1. The maximum absolute atomic E-state index is 12.2. The van der Waals surface area contributed by atoms with Crippen molar-refractivity contribution in [2.75, 3.05) is 38.9 Å². The van der Waals surface area contributed by atoms with Crippen molar-refractivity contribution in [3.05, 3.63) is 22.7 Å². The van der Waals surface area contributed by atoms with Gasteiger partial charge >= 0.3 is 13.5 Å². The molecule has 3 rings (SSSR count). The summed E-state index contributed by atoms with van der Waals surface area (Å²) >= 11 is 1.49. The van der Waals surface area contributed by atoms with Crippen LogP contribution in [0.1, 0.15) is 44.8 Å². The minimum absolute atomic E-state index is 0.0513. The summed E-state index contributed by atoms with van der Waals surface area (Å²) in [6.07, 6.45) is 3.31. The van der Waals surface area contributed by atoms with Gasteiger partial charge in [-0.3, -0.25) is 28.1 Å². The molecule has 1 aromatic heterocycles. The van der Waals surface area contributed by atoms with Gasteiger partial charge in [-0.1, -0.05) is 12.8 Å². The molecule has 2 aliphatic heterocycles. The highest BCUT2D eigenvalue weighted by atomic mass is 32.2. The van der Waals surface area contributed by atoms with Crippen LogP contribution in [0, 0.1) is 0 Å². The van der Waals surface area contributed by atoms with E-state index in [2.05, 4.69) is 4.98 Å². The molecule has 2 amide bonds. The van der Waals surface area contributed by atoms with Gasteiger partial charge in [0.1, 0.15) is 18.1 Å². The summed E-state index contributed by atoms with van der Waals surface area (Å²) in [5.41, 5.74) is 4.94. The molecule has 0 bridgehead atoms. The molecular weight excluding hydrogens is 515 g/mol. The molecule has 2 unspecified atom stereocenters. The van der Waals surface area contributed by atoms with Gasteiger partial charge in [0.2, 0.25) is 11.8 Å². The van der Waals surface area contributed by atoms with E-state index in [0.29, 0.717) is 12.8 Å². The highest BCUT2D eigenvalue weighted by molar-refractivity contribution is 8.00. The quantitative estimate of drug-likeness (QED) is 0.194. The summed E-state index contributed by atoms with van der Waals surface area (Å²) in [6.45, 7) is -0.204. The van der Waals surface area contributed by atoms with Crippen molar-refractivity contribution in [2.45, 2.75) is 62.2 Å². The van der Waals surface area contributed by atoms with Crippen LogP contribution in [0.15, 0.2) is 17.1 Å². The Morgan fingerprint density at radius 2 is 2.00 bits per heavy atom. The molecule has 3 heterocycles. The van der Waals surface area contributed by atoms with Crippen LogP contribution in [-0.2, 0) is 32.7 Å². The Morgan fingerprint density at radius 3 is 2.67 bits per heavy atom. The topological polar surface area (TPSA) is 173 Å². The fourth-order valence-corrected chi connectivity index (χ4v) is 5.92. The van der Waals surface area contributed by atoms with Crippen LogP contribution < -0.4 is 11.4 Å². The first-order valence-electron chi connectivity index (χ1n) is 11.7. The third-order valence-electron chi connectivity index (χ3n) is 6.00. The van der Waals surface area contributed by atoms with Gasteiger partial charge in [0.25, 0.3) is 0 Å². The number of hydrogen-bond donors (Lipinski definition) is 2. The molecule has 0 aromatic carbocycles. The van der Waals surface area contributed by atoms with Gasteiger partial charge in [0, 0.05) is 33.2 Å². The van der Waals surface area contributed by atoms with Gasteiger partial charge < -0.3 is 20.1 Å². The van der Waals surface area contributed by atoms with Crippen molar-refractivity contribution in [2.24, 2.45) is 0 Å². The average molecular weight is 549 g/mol. The molecule has 2 saturated heterocycles. The zero-order chi connectivity index (χ0) is 26.3. The van der Waals surface area contributed by atoms with Crippen LogP contribution in [0.25, 0.3) is 0 Å². The lowest BCUT2D eigenvalue weighted by Crippen LogP contribution is -2.29. The lowest BCUT2D eigenvalue weighted by Gasteiger charge is -2.19. The molecule has 1 aromatic rings. The molecule has 3 N–H and O–H groups in total. The number of carbonyl (C=O) groups excluding carboxylic acids is 2. The lowest BCUT2D eigenvalue weighted by molar-refractivity contribution is -0.136. The summed E-state index contributed by atoms with van der Waals surface area (Å²) in [5, 5.41) is -0.288. The molecule has 13 nitrogen and oxygen atoms in total. The van der Waals surface area contributed by atoms with E-state index >= 15 is 0 Å². The molecule has 202 valence electrons. The lowest BCUT2D eigenvalue weighted by atomic mass is 10.2. The number of anilines is 1. The van der Waals surface area contributed by atoms with Crippen molar-refractivity contribution < 1.29 is 37.6 Å². The minimum atomic E-state index is -4.30. The van der Waals surface area contributed by atoms with E-state index in [-0.39, 0.29) is 42.5 Å². The maximum Gasteiger partial charge on any atom is 0.472 e. The Bertz CT molecular complexity index is 1030. The predicted molar refractivity (Wildman–Crippen MR) is 131 cm³/mol. The highest BCUT2D eigenvalue weighted by Gasteiger charge is 2.39. The number of methoxy groups -OCH3 is 1. The molecular formula is C21H33N4O9PS. The molecule has 5 atom stereocenters. The summed E-state index contributed by atoms with van der Waals surface area (Å²) in [7, 11) is -1.31. The number of aromatic nitrogens is 2. The number of imide groups is 1. The monoisotopic (exact) mass is 548 g/mol. The van der Waals surface area contributed by atoms with E-state index in [1.54, 1.807) is 0 Å². The van der Waals surface area contributed by atoms with Crippen molar-refractivity contribution in [1.29, 1.82) is 0 Å². The van der Waals surface area contributed by atoms with Crippen LogP contribution in [0.4, 0.5) is 5.82 Å². The van der Waals surface area contributed by atoms with E-state index in [9.17, 15) is 23.8 Å². The normalized spacial score (nSPS) is 26.0. The molecule has 0 radical (unpaired) electrons. The number of phosphoric acid groups is 1. The van der Waals surface area contributed by atoms with Crippen molar-refractivity contribution in [1.82, 2.24) is 14.5 Å². The second-order valence-corrected chi connectivity index (χ2v) is 11.3. The zero-order valence-electron chi connectivity index (χ0n) is 20.3. The Balaban J connectivity index is 1.30. The van der Waals surface area contributed by atoms with Crippen LogP contribution in [0.5, 0.6) is 0 Å². The predicted octanol–water partition coefficient (Wildman–Crippen LogP) is 1.31. The number of nitrogen functional groups attached to an aromatic ring is 1. The summed E-state index contributed by atoms with van der Waals surface area (Å²) in [5.74, 6) is 0.586. The van der Waals surface area contributed by atoms with Gasteiger partial charge in [-0.05, 0) is 24.7 Å². The Morgan fingerprint density at radius 1 is 1.25 bits per heavy atom. The molecule has 0 spiro atoms. The zero-order valence-corrected chi connectivity index (χ0v) is 22.0. The van der Waals surface area contributed by atoms with Gasteiger partial charge in [-0.25, -0.2) is 9.36 Å². The van der Waals surface area contributed by atoms with Crippen molar-refractivity contribution in [3.8, 4) is 0 Å². The van der Waals surface area contributed by atoms with Crippen LogP contribution in [0.3, 0.4) is 0 Å². The Kier molecular flexibility index (Phi) is 10.5. The number of nitrogens with two attached hydrogens (primary N) is 1. The summed E-state index contributed by atoms with van der Waals surface area (Å²) < 4.78 is 34.9. The Labute approximate surface area is 213 Å². The first kappa shape index (κ1) is 28.8. The third kappa shape index (κ3) is 7.85. The fourth-order valence-electron chi connectivity index (χ4n) is 3.93. The largest absolute Gasteiger partial charge is 0.472 e. The van der Waals surface area contributed by atoms with E-state index in [1.807, 2.05) is 0 Å². The number of rotatable bonds is 14. The number of unbranched alkanes of at least 4 members (excludes halogenated alkanes) is 3. The summed E-state index contributed by atoms with van der Waals surface area (Å²) in [4.78, 5) is 50.3. The first-order chi connectivity index (χ1) is 17.1. The second-order valence-electron chi connectivity index (χ2n) is 8.55. The third-order valence-corrected chi connectivity index (χ3v) is 8.28. The number of phosphoric ester groups is 1. The molecule has 2 aliphatic rings. The fraction of sp³-hybridized carbons (Fsp3) is 0.714. The number of thioether (sulfide) groups is 1. The SMILES string of the molecule is CO[C@@H]1C[C@H](n2ccc(N)nc2=O)O[C@@H]1COP(=O)(O)OCCCCCCSC1CC(=O)N(C)C1=O. The number of nitrogens with zero attached hydrogens (tertiary/aromatic N) is 3. The maximum atomic E-state index is 12.2. The minimum Gasteiger partial charge on any atom is -0.383 e. The van der Waals surface area contributed by atoms with Crippen molar-refractivity contribution >= 4 is 37.2 Å². The number of hydrogen-bond acceptors (Lipinski definition) is 11. The highest BCUT2D eigenvalue weighted by Crippen LogP contribution is 2.44.